The Morgan fingerprint density at radius 3 is 2.77 bits per heavy atom. The molecule has 0 atom stereocenters. The maximum absolute atomic E-state index is 12.9. The van der Waals surface area contributed by atoms with Crippen LogP contribution in [0.25, 0.3) is 0 Å². The molecule has 0 radical (unpaired) electrons. The summed E-state index contributed by atoms with van der Waals surface area (Å²) < 4.78 is 45.4. The lowest BCUT2D eigenvalue weighted by Crippen LogP contribution is -2.34. The van der Waals surface area contributed by atoms with E-state index in [9.17, 15) is 18.0 Å². The van der Waals surface area contributed by atoms with Crippen LogP contribution in [-0.4, -0.2) is 40.6 Å². The van der Waals surface area contributed by atoms with Gasteiger partial charge in [-0.05, 0) is 17.7 Å². The quantitative estimate of drug-likeness (QED) is 0.717. The number of benzene rings is 1. The largest absolute Gasteiger partial charge is 0.416 e. The van der Waals surface area contributed by atoms with Crippen LogP contribution in [0.15, 0.2) is 36.7 Å². The molecule has 0 aliphatic rings. The number of hydrogen-bond acceptors (Lipinski definition) is 3. The zero-order chi connectivity index (χ0) is 19.2. The van der Waals surface area contributed by atoms with Crippen LogP contribution in [-0.2, 0) is 28.8 Å². The van der Waals surface area contributed by atoms with Crippen LogP contribution >= 0.6 is 0 Å². The molecular weight excluding hydrogens is 347 g/mol. The van der Waals surface area contributed by atoms with Gasteiger partial charge >= 0.3 is 6.18 Å². The van der Waals surface area contributed by atoms with E-state index in [1.165, 1.54) is 6.07 Å². The zero-order valence-electron chi connectivity index (χ0n) is 14.8. The Morgan fingerprint density at radius 2 is 2.12 bits per heavy atom. The van der Waals surface area contributed by atoms with Crippen LogP contribution in [0.1, 0.15) is 30.3 Å². The minimum Gasteiger partial charge on any atom is -0.383 e. The minimum absolute atomic E-state index is 0.0318. The number of alkyl halides is 3. The Kier molecular flexibility index (Phi) is 6.79. The predicted molar refractivity (Wildman–Crippen MR) is 90.4 cm³/mol. The molecule has 2 rings (SSSR count). The summed E-state index contributed by atoms with van der Waals surface area (Å²) in [5.74, 6) is 0.580. The fourth-order valence-corrected chi connectivity index (χ4v) is 2.57. The van der Waals surface area contributed by atoms with Gasteiger partial charge in [0.05, 0.1) is 18.7 Å². The summed E-state index contributed by atoms with van der Waals surface area (Å²) in [6, 6.07) is 5.20. The molecular formula is C18H22F3N3O2. The molecule has 8 heteroatoms. The fraction of sp³-hybridized carbons (Fsp3) is 0.444. The standard InChI is InChI=1S/C18H22F3N3O2/c1-3-17(25)24(9-10-26-2)13-16-22-7-8-23(16)12-14-5-4-6-15(11-14)18(19,20)21/h4-8,11H,3,9-10,12-13H2,1-2H3. The van der Waals surface area contributed by atoms with E-state index in [1.54, 1.807) is 42.0 Å². The van der Waals surface area contributed by atoms with E-state index < -0.39 is 11.7 Å². The number of carbonyl (C=O) groups excluding carboxylic acids is 1. The predicted octanol–water partition coefficient (Wildman–Crippen LogP) is 3.34. The average Bonchev–Trinajstić information content (AvgIpc) is 3.04. The van der Waals surface area contributed by atoms with Crippen LogP contribution in [0, 0.1) is 0 Å². The highest BCUT2D eigenvalue weighted by atomic mass is 19.4. The third-order valence-corrected chi connectivity index (χ3v) is 3.96. The van der Waals surface area contributed by atoms with Crippen LogP contribution in [0.4, 0.5) is 13.2 Å². The topological polar surface area (TPSA) is 47.4 Å². The highest BCUT2D eigenvalue weighted by Crippen LogP contribution is 2.29. The Morgan fingerprint density at radius 1 is 1.35 bits per heavy atom. The number of imidazole rings is 1. The van der Waals surface area contributed by atoms with Crippen molar-refractivity contribution in [3.8, 4) is 0 Å². The van der Waals surface area contributed by atoms with E-state index in [4.69, 9.17) is 4.74 Å². The molecule has 0 bridgehead atoms. The molecule has 1 heterocycles. The van der Waals surface area contributed by atoms with Gasteiger partial charge in [-0.25, -0.2) is 4.98 Å². The van der Waals surface area contributed by atoms with Crippen molar-refractivity contribution in [3.63, 3.8) is 0 Å². The molecule has 26 heavy (non-hydrogen) atoms. The van der Waals surface area contributed by atoms with Gasteiger partial charge in [0.1, 0.15) is 5.82 Å². The second-order valence-electron chi connectivity index (χ2n) is 5.83. The van der Waals surface area contributed by atoms with Crippen molar-refractivity contribution < 1.29 is 22.7 Å². The van der Waals surface area contributed by atoms with Crippen LogP contribution in [0.5, 0.6) is 0 Å². The molecule has 2 aromatic rings. The second kappa shape index (κ2) is 8.84. The molecule has 1 aromatic heterocycles. The van der Waals surface area contributed by atoms with Crippen LogP contribution < -0.4 is 0 Å². The molecule has 0 spiro atoms. The molecule has 0 N–H and O–H groups in total. The molecule has 0 saturated heterocycles. The number of aromatic nitrogens is 2. The number of rotatable bonds is 8. The molecule has 142 valence electrons. The summed E-state index contributed by atoms with van der Waals surface area (Å²) in [5, 5.41) is 0. The first-order valence-electron chi connectivity index (χ1n) is 8.28. The highest BCUT2D eigenvalue weighted by Gasteiger charge is 2.30. The number of methoxy groups -OCH3 is 1. The van der Waals surface area contributed by atoms with E-state index in [-0.39, 0.29) is 19.0 Å². The number of carbonyl (C=O) groups is 1. The van der Waals surface area contributed by atoms with Gasteiger partial charge < -0.3 is 14.2 Å². The molecule has 0 aliphatic heterocycles. The maximum Gasteiger partial charge on any atom is 0.416 e. The van der Waals surface area contributed by atoms with Crippen molar-refractivity contribution in [1.82, 2.24) is 14.5 Å². The van der Waals surface area contributed by atoms with Gasteiger partial charge in [-0.1, -0.05) is 19.1 Å². The molecule has 5 nitrogen and oxygen atoms in total. The summed E-state index contributed by atoms with van der Waals surface area (Å²) >= 11 is 0. The Bertz CT molecular complexity index is 728. The number of nitrogens with zero attached hydrogens (tertiary/aromatic N) is 3. The molecule has 0 unspecified atom stereocenters. The van der Waals surface area contributed by atoms with Gasteiger partial charge in [-0.15, -0.1) is 0 Å². The summed E-state index contributed by atoms with van der Waals surface area (Å²) in [4.78, 5) is 18.0. The normalized spacial score (nSPS) is 11.6. The minimum atomic E-state index is -4.38. The van der Waals surface area contributed by atoms with Gasteiger partial charge in [0.15, 0.2) is 0 Å². The summed E-state index contributed by atoms with van der Waals surface area (Å²) in [7, 11) is 1.56. The molecule has 0 fully saturated rings. The number of hydrogen-bond donors (Lipinski definition) is 0. The van der Waals surface area contributed by atoms with Crippen molar-refractivity contribution in [2.24, 2.45) is 0 Å². The van der Waals surface area contributed by atoms with Crippen LogP contribution in [0.2, 0.25) is 0 Å². The van der Waals surface area contributed by atoms with Gasteiger partial charge in [0.25, 0.3) is 0 Å². The van der Waals surface area contributed by atoms with E-state index in [1.807, 2.05) is 0 Å². The Labute approximate surface area is 150 Å². The average molecular weight is 369 g/mol. The van der Waals surface area contributed by atoms with Crippen molar-refractivity contribution in [1.29, 1.82) is 0 Å². The smallest absolute Gasteiger partial charge is 0.383 e. The monoisotopic (exact) mass is 369 g/mol. The Balaban J connectivity index is 2.16. The van der Waals surface area contributed by atoms with Crippen molar-refractivity contribution in [2.75, 3.05) is 20.3 Å². The second-order valence-corrected chi connectivity index (χ2v) is 5.83. The van der Waals surface area contributed by atoms with E-state index in [0.717, 1.165) is 12.1 Å². The van der Waals surface area contributed by atoms with Gasteiger partial charge in [-0.3, -0.25) is 4.79 Å². The van der Waals surface area contributed by atoms with E-state index >= 15 is 0 Å². The van der Waals surface area contributed by atoms with E-state index in [2.05, 4.69) is 4.98 Å². The van der Waals surface area contributed by atoms with Crippen molar-refractivity contribution >= 4 is 5.91 Å². The first-order chi connectivity index (χ1) is 12.3. The van der Waals surface area contributed by atoms with Gasteiger partial charge in [0.2, 0.25) is 5.91 Å². The van der Waals surface area contributed by atoms with Crippen LogP contribution in [0.3, 0.4) is 0 Å². The lowest BCUT2D eigenvalue weighted by molar-refractivity contribution is -0.137. The zero-order valence-corrected chi connectivity index (χ0v) is 14.8. The number of halogens is 3. The Hall–Kier alpha value is -2.35. The molecule has 0 aliphatic carbocycles. The number of amides is 1. The summed E-state index contributed by atoms with van der Waals surface area (Å²) in [6.07, 6.45) is -0.745. The third kappa shape index (κ3) is 5.32. The van der Waals surface area contributed by atoms with Crippen molar-refractivity contribution in [2.45, 2.75) is 32.6 Å². The first-order valence-corrected chi connectivity index (χ1v) is 8.28. The lowest BCUT2D eigenvalue weighted by atomic mass is 10.1. The van der Waals surface area contributed by atoms with Gasteiger partial charge in [-0.2, -0.15) is 13.2 Å². The molecule has 1 aromatic carbocycles. The van der Waals surface area contributed by atoms with Gasteiger partial charge in [0, 0.05) is 39.0 Å². The fourth-order valence-electron chi connectivity index (χ4n) is 2.57. The molecule has 0 saturated carbocycles. The highest BCUT2D eigenvalue weighted by molar-refractivity contribution is 5.75. The summed E-state index contributed by atoms with van der Waals surface area (Å²) in [6.45, 7) is 3.14. The third-order valence-electron chi connectivity index (χ3n) is 3.96. The van der Waals surface area contributed by atoms with Crippen molar-refractivity contribution in [3.05, 3.63) is 53.6 Å². The lowest BCUT2D eigenvalue weighted by Gasteiger charge is -2.22. The molecule has 1 amide bonds. The number of ether oxygens (including phenoxy) is 1. The summed E-state index contributed by atoms with van der Waals surface area (Å²) in [5.41, 5.74) is -0.163. The van der Waals surface area contributed by atoms with E-state index in [0.29, 0.717) is 31.0 Å². The SMILES string of the molecule is CCC(=O)N(CCOC)Cc1nccn1Cc1cccc(C(F)(F)F)c1. The maximum atomic E-state index is 12.9. The first kappa shape index (κ1) is 20.0.